The summed E-state index contributed by atoms with van der Waals surface area (Å²) in [7, 11) is -7.85. The fraction of sp³-hybridized carbons (Fsp3) is 0.333. The van der Waals surface area contributed by atoms with Crippen LogP contribution in [0, 0.1) is 0 Å². The Morgan fingerprint density at radius 3 is 1.96 bits per heavy atom. The van der Waals surface area contributed by atoms with Crippen molar-refractivity contribution < 1.29 is 30.0 Å². The van der Waals surface area contributed by atoms with E-state index in [4.69, 9.17) is 0 Å². The van der Waals surface area contributed by atoms with Crippen molar-refractivity contribution in [3.63, 3.8) is 0 Å². The largest absolute Gasteiger partial charge is 0.416 e. The van der Waals surface area contributed by atoms with Crippen molar-refractivity contribution in [2.45, 2.75) is 15.3 Å². The summed E-state index contributed by atoms with van der Waals surface area (Å²) in [6, 6.07) is 6.58. The second-order valence-corrected chi connectivity index (χ2v) is 10.8. The summed E-state index contributed by atoms with van der Waals surface area (Å²) in [5.74, 6) is 0. The zero-order chi connectivity index (χ0) is 19.9. The second kappa shape index (κ2) is 7.17. The van der Waals surface area contributed by atoms with Gasteiger partial charge in [0.15, 0.2) is 0 Å². The molecule has 0 bridgehead atoms. The molecule has 2 aromatic rings. The van der Waals surface area contributed by atoms with Crippen LogP contribution in [0.4, 0.5) is 13.2 Å². The summed E-state index contributed by atoms with van der Waals surface area (Å²) in [6.45, 7) is -0.413. The minimum absolute atomic E-state index is 0.0710. The molecule has 0 atom stereocenters. The molecule has 1 aromatic heterocycles. The first-order chi connectivity index (χ1) is 12.5. The highest BCUT2D eigenvalue weighted by molar-refractivity contribution is 7.91. The number of alkyl halides is 3. The minimum Gasteiger partial charge on any atom is -0.207 e. The SMILES string of the molecule is O=S(=O)(c1cccc(C(F)(F)F)c1)N1CCN(S(=O)(=O)c2cccs2)CC1. The summed E-state index contributed by atoms with van der Waals surface area (Å²) >= 11 is 1.06. The molecule has 1 saturated heterocycles. The van der Waals surface area contributed by atoms with Crippen LogP contribution in [0.25, 0.3) is 0 Å². The van der Waals surface area contributed by atoms with Gasteiger partial charge in [0.2, 0.25) is 10.0 Å². The third-order valence-electron chi connectivity index (χ3n) is 4.09. The fourth-order valence-corrected chi connectivity index (χ4v) is 6.71. The predicted octanol–water partition coefficient (Wildman–Crippen LogP) is 2.46. The Balaban J connectivity index is 1.78. The molecule has 3 rings (SSSR count). The van der Waals surface area contributed by atoms with Crippen molar-refractivity contribution >= 4 is 31.4 Å². The van der Waals surface area contributed by atoms with Crippen molar-refractivity contribution in [2.24, 2.45) is 0 Å². The molecule has 6 nitrogen and oxygen atoms in total. The number of halogens is 3. The van der Waals surface area contributed by atoms with E-state index in [1.165, 1.54) is 10.4 Å². The Morgan fingerprint density at radius 2 is 1.44 bits per heavy atom. The maximum atomic E-state index is 12.8. The Morgan fingerprint density at radius 1 is 0.852 bits per heavy atom. The monoisotopic (exact) mass is 440 g/mol. The summed E-state index contributed by atoms with van der Waals surface area (Å²) in [5, 5.41) is 1.63. The van der Waals surface area contributed by atoms with Gasteiger partial charge in [-0.15, -0.1) is 11.3 Å². The third kappa shape index (κ3) is 4.04. The Bertz CT molecular complexity index is 1010. The van der Waals surface area contributed by atoms with Crippen LogP contribution >= 0.6 is 11.3 Å². The summed E-state index contributed by atoms with van der Waals surface area (Å²) in [6.07, 6.45) is -4.65. The lowest BCUT2D eigenvalue weighted by molar-refractivity contribution is -0.137. The molecule has 12 heteroatoms. The highest BCUT2D eigenvalue weighted by atomic mass is 32.2. The number of piperazine rings is 1. The molecule has 148 valence electrons. The third-order valence-corrected chi connectivity index (χ3v) is 9.25. The normalized spacial score (nSPS) is 17.9. The van der Waals surface area contributed by atoms with Crippen LogP contribution in [0.2, 0.25) is 0 Å². The Kier molecular flexibility index (Phi) is 5.38. The van der Waals surface area contributed by atoms with Gasteiger partial charge in [-0.25, -0.2) is 16.8 Å². The fourth-order valence-electron chi connectivity index (χ4n) is 2.67. The topological polar surface area (TPSA) is 74.8 Å². The summed E-state index contributed by atoms with van der Waals surface area (Å²) < 4.78 is 91.1. The van der Waals surface area contributed by atoms with Crippen molar-refractivity contribution in [3.05, 3.63) is 47.3 Å². The average Bonchev–Trinajstić information content (AvgIpc) is 3.17. The van der Waals surface area contributed by atoms with Gasteiger partial charge in [-0.05, 0) is 29.6 Å². The number of sulfonamides is 2. The van der Waals surface area contributed by atoms with E-state index in [0.717, 1.165) is 33.8 Å². The van der Waals surface area contributed by atoms with Gasteiger partial charge >= 0.3 is 6.18 Å². The van der Waals surface area contributed by atoms with Crippen LogP contribution in [0.1, 0.15) is 5.56 Å². The van der Waals surface area contributed by atoms with Gasteiger partial charge in [-0.2, -0.15) is 21.8 Å². The van der Waals surface area contributed by atoms with Gasteiger partial charge in [-0.1, -0.05) is 12.1 Å². The van der Waals surface area contributed by atoms with Crippen molar-refractivity contribution in [2.75, 3.05) is 26.2 Å². The molecule has 0 radical (unpaired) electrons. The molecule has 0 N–H and O–H groups in total. The minimum atomic E-state index is -4.65. The molecule has 0 amide bonds. The summed E-state index contributed by atoms with van der Waals surface area (Å²) in [5.41, 5.74) is -1.05. The second-order valence-electron chi connectivity index (χ2n) is 5.77. The quantitative estimate of drug-likeness (QED) is 0.732. The Labute approximate surface area is 158 Å². The summed E-state index contributed by atoms with van der Waals surface area (Å²) in [4.78, 5) is -0.466. The van der Waals surface area contributed by atoms with Gasteiger partial charge in [0.25, 0.3) is 10.0 Å². The molecule has 1 aliphatic heterocycles. The Hall–Kier alpha value is -1.47. The van der Waals surface area contributed by atoms with E-state index in [1.54, 1.807) is 11.4 Å². The predicted molar refractivity (Wildman–Crippen MR) is 93.3 cm³/mol. The maximum Gasteiger partial charge on any atom is 0.416 e. The molecule has 0 saturated carbocycles. The van der Waals surface area contributed by atoms with E-state index in [9.17, 15) is 30.0 Å². The average molecular weight is 440 g/mol. The number of rotatable bonds is 4. The zero-order valence-corrected chi connectivity index (χ0v) is 16.2. The van der Waals surface area contributed by atoms with Gasteiger partial charge in [-0.3, -0.25) is 0 Å². The van der Waals surface area contributed by atoms with Crippen molar-refractivity contribution in [1.82, 2.24) is 8.61 Å². The molecular formula is C15H15F3N2O4S3. The first-order valence-electron chi connectivity index (χ1n) is 7.74. The lowest BCUT2D eigenvalue weighted by Gasteiger charge is -2.33. The molecule has 27 heavy (non-hydrogen) atoms. The van der Waals surface area contributed by atoms with E-state index in [1.807, 2.05) is 0 Å². The number of thiophene rings is 1. The molecule has 1 aromatic carbocycles. The number of hydrogen-bond acceptors (Lipinski definition) is 5. The van der Waals surface area contributed by atoms with E-state index >= 15 is 0 Å². The van der Waals surface area contributed by atoms with Gasteiger partial charge in [0.05, 0.1) is 10.5 Å². The standard InChI is InChI=1S/C15H15F3N2O4S3/c16-15(17,18)12-3-1-4-13(11-12)26(21,22)19-6-8-20(9-7-19)27(23,24)14-5-2-10-25-14/h1-5,10-11H,6-9H2. The van der Waals surface area contributed by atoms with Crippen molar-refractivity contribution in [3.8, 4) is 0 Å². The van der Waals surface area contributed by atoms with Crippen molar-refractivity contribution in [1.29, 1.82) is 0 Å². The number of benzene rings is 1. The molecule has 0 unspecified atom stereocenters. The zero-order valence-electron chi connectivity index (χ0n) is 13.8. The van der Waals surface area contributed by atoms with Crippen LogP contribution in [0.5, 0.6) is 0 Å². The van der Waals surface area contributed by atoms with E-state index in [-0.39, 0.29) is 30.4 Å². The van der Waals surface area contributed by atoms with E-state index in [2.05, 4.69) is 0 Å². The van der Waals surface area contributed by atoms with Crippen LogP contribution in [0.15, 0.2) is 50.9 Å². The van der Waals surface area contributed by atoms with E-state index in [0.29, 0.717) is 6.07 Å². The van der Waals surface area contributed by atoms with Crippen LogP contribution < -0.4 is 0 Å². The number of nitrogens with zero attached hydrogens (tertiary/aromatic N) is 2. The lowest BCUT2D eigenvalue weighted by atomic mass is 10.2. The van der Waals surface area contributed by atoms with Gasteiger partial charge in [0, 0.05) is 26.2 Å². The molecule has 0 aliphatic carbocycles. The molecule has 1 aliphatic rings. The molecular weight excluding hydrogens is 425 g/mol. The molecule has 0 spiro atoms. The van der Waals surface area contributed by atoms with Gasteiger partial charge < -0.3 is 0 Å². The van der Waals surface area contributed by atoms with Crippen LogP contribution in [-0.2, 0) is 26.2 Å². The van der Waals surface area contributed by atoms with E-state index < -0.39 is 36.7 Å². The lowest BCUT2D eigenvalue weighted by Crippen LogP contribution is -2.50. The molecule has 1 fully saturated rings. The first-order valence-corrected chi connectivity index (χ1v) is 11.5. The van der Waals surface area contributed by atoms with Crippen LogP contribution in [0.3, 0.4) is 0 Å². The van der Waals surface area contributed by atoms with Crippen LogP contribution in [-0.4, -0.2) is 51.6 Å². The number of hydrogen-bond donors (Lipinski definition) is 0. The maximum absolute atomic E-state index is 12.8. The first kappa shape index (κ1) is 20.3. The smallest absolute Gasteiger partial charge is 0.207 e. The van der Waals surface area contributed by atoms with Gasteiger partial charge in [0.1, 0.15) is 4.21 Å². The molecule has 2 heterocycles. The highest BCUT2D eigenvalue weighted by Gasteiger charge is 2.36. The highest BCUT2D eigenvalue weighted by Crippen LogP contribution is 2.31.